The number of benzene rings is 1. The third-order valence-corrected chi connectivity index (χ3v) is 4.85. The highest BCUT2D eigenvalue weighted by atomic mass is 16.6. The summed E-state index contributed by atoms with van der Waals surface area (Å²) >= 11 is 0. The fraction of sp³-hybridized carbons (Fsp3) is 0.333. The lowest BCUT2D eigenvalue weighted by atomic mass is 10.2. The molecule has 0 atom stereocenters. The first-order valence-electron chi connectivity index (χ1n) is 10.4. The van der Waals surface area contributed by atoms with Gasteiger partial charge in [-0.3, -0.25) is 19.7 Å². The second-order valence-corrected chi connectivity index (χ2v) is 7.97. The molecule has 0 radical (unpaired) electrons. The summed E-state index contributed by atoms with van der Waals surface area (Å²) in [6.45, 7) is 9.00. The lowest BCUT2D eigenvalue weighted by Gasteiger charge is -2.28. The molecule has 2 aromatic rings. The Morgan fingerprint density at radius 2 is 1.88 bits per heavy atom. The number of carbonyl (C=O) groups excluding carboxylic acids is 2. The van der Waals surface area contributed by atoms with Crippen molar-refractivity contribution in [1.82, 2.24) is 14.4 Å². The van der Waals surface area contributed by atoms with Gasteiger partial charge in [0.25, 0.3) is 5.69 Å². The van der Waals surface area contributed by atoms with Gasteiger partial charge >= 0.3 is 0 Å². The topological polar surface area (TPSA) is 88.7 Å². The molecule has 0 spiro atoms. The first kappa shape index (κ1) is 24.6. The molecule has 0 aliphatic carbocycles. The highest BCUT2D eigenvalue weighted by molar-refractivity contribution is 5.94. The summed E-state index contributed by atoms with van der Waals surface area (Å²) in [5, 5.41) is 10.8. The van der Waals surface area contributed by atoms with Crippen LogP contribution in [0.15, 0.2) is 61.3 Å². The van der Waals surface area contributed by atoms with E-state index in [0.717, 1.165) is 5.69 Å². The number of amides is 2. The monoisotopic (exact) mass is 438 g/mol. The van der Waals surface area contributed by atoms with Crippen LogP contribution in [-0.2, 0) is 23.2 Å². The number of nitro groups is 1. The first-order valence-corrected chi connectivity index (χ1v) is 10.4. The number of aryl methyl sites for hydroxylation is 1. The highest BCUT2D eigenvalue weighted by Crippen LogP contribution is 2.13. The maximum absolute atomic E-state index is 13.1. The van der Waals surface area contributed by atoms with E-state index in [2.05, 4.69) is 6.58 Å². The Kier molecular flexibility index (Phi) is 8.95. The fourth-order valence-electron chi connectivity index (χ4n) is 3.18. The predicted molar refractivity (Wildman–Crippen MR) is 125 cm³/mol. The van der Waals surface area contributed by atoms with Gasteiger partial charge in [-0.2, -0.15) is 0 Å². The van der Waals surface area contributed by atoms with E-state index in [1.54, 1.807) is 29.2 Å². The fourth-order valence-corrected chi connectivity index (χ4v) is 3.18. The van der Waals surface area contributed by atoms with Gasteiger partial charge in [0.05, 0.1) is 11.5 Å². The summed E-state index contributed by atoms with van der Waals surface area (Å²) in [7, 11) is 1.93. The maximum Gasteiger partial charge on any atom is 0.269 e. The van der Waals surface area contributed by atoms with E-state index in [1.165, 1.54) is 23.1 Å². The summed E-state index contributed by atoms with van der Waals surface area (Å²) in [5.74, 6) is -0.191. The van der Waals surface area contributed by atoms with Crippen LogP contribution in [0.3, 0.4) is 0 Å². The van der Waals surface area contributed by atoms with Gasteiger partial charge < -0.3 is 14.4 Å². The van der Waals surface area contributed by atoms with Gasteiger partial charge in [-0.1, -0.05) is 19.9 Å². The van der Waals surface area contributed by atoms with Crippen LogP contribution in [0.1, 0.15) is 25.1 Å². The zero-order valence-corrected chi connectivity index (χ0v) is 18.8. The Balaban J connectivity index is 2.10. The van der Waals surface area contributed by atoms with Gasteiger partial charge in [0, 0.05) is 50.2 Å². The molecule has 0 saturated carbocycles. The van der Waals surface area contributed by atoms with Crippen molar-refractivity contribution in [3.8, 4) is 0 Å². The Bertz CT molecular complexity index is 976. The molecule has 8 nitrogen and oxygen atoms in total. The Hall–Kier alpha value is -3.68. The van der Waals surface area contributed by atoms with Crippen LogP contribution in [-0.4, -0.2) is 50.7 Å². The molecule has 0 saturated heterocycles. The number of rotatable bonds is 11. The molecule has 2 amide bonds. The molecule has 170 valence electrons. The predicted octanol–water partition coefficient (Wildman–Crippen LogP) is 3.65. The molecule has 1 aromatic carbocycles. The molecule has 1 heterocycles. The van der Waals surface area contributed by atoms with Crippen LogP contribution in [0.4, 0.5) is 5.69 Å². The Labute approximate surface area is 188 Å². The van der Waals surface area contributed by atoms with Crippen molar-refractivity contribution in [2.45, 2.75) is 20.4 Å². The van der Waals surface area contributed by atoms with E-state index < -0.39 is 4.92 Å². The Morgan fingerprint density at radius 1 is 1.19 bits per heavy atom. The van der Waals surface area contributed by atoms with Crippen molar-refractivity contribution in [2.75, 3.05) is 19.6 Å². The molecule has 0 aliphatic rings. The van der Waals surface area contributed by atoms with Crippen molar-refractivity contribution in [3.05, 3.63) is 82.7 Å². The smallest absolute Gasteiger partial charge is 0.269 e. The summed E-state index contributed by atoms with van der Waals surface area (Å²) in [6.07, 6.45) is 6.45. The van der Waals surface area contributed by atoms with Crippen LogP contribution < -0.4 is 0 Å². The minimum atomic E-state index is -0.478. The summed E-state index contributed by atoms with van der Waals surface area (Å²) < 4.78 is 1.97. The molecule has 0 N–H and O–H groups in total. The third-order valence-electron chi connectivity index (χ3n) is 4.85. The second kappa shape index (κ2) is 11.6. The summed E-state index contributed by atoms with van der Waals surface area (Å²) in [4.78, 5) is 39.3. The minimum Gasteiger partial charge on any atom is -0.353 e. The number of hydrogen-bond acceptors (Lipinski definition) is 4. The van der Waals surface area contributed by atoms with Gasteiger partial charge in [0.15, 0.2) is 0 Å². The lowest BCUT2D eigenvalue weighted by molar-refractivity contribution is -0.384. The number of non-ortho nitro benzene ring substituents is 1. The maximum atomic E-state index is 13.1. The standard InChI is InChI=1S/C24H30N4O4/c1-5-14-26(23(29)13-10-20-8-11-21(12-9-20)28(31)32)18-24(30)27(16-19(2)3)17-22-7-6-15-25(22)4/h5-13,15,19H,1,14,16-18H2,2-4H3/b13-10+. The lowest BCUT2D eigenvalue weighted by Crippen LogP contribution is -2.43. The van der Waals surface area contributed by atoms with E-state index in [1.807, 2.05) is 43.8 Å². The van der Waals surface area contributed by atoms with Crippen LogP contribution in [0, 0.1) is 16.0 Å². The molecule has 0 unspecified atom stereocenters. The van der Waals surface area contributed by atoms with E-state index in [9.17, 15) is 19.7 Å². The molecular formula is C24H30N4O4. The van der Waals surface area contributed by atoms with Crippen LogP contribution in [0.25, 0.3) is 6.08 Å². The quantitative estimate of drug-likeness (QED) is 0.232. The molecule has 2 rings (SSSR count). The highest BCUT2D eigenvalue weighted by Gasteiger charge is 2.21. The van der Waals surface area contributed by atoms with Crippen molar-refractivity contribution in [3.63, 3.8) is 0 Å². The molecule has 0 bridgehead atoms. The molecule has 0 aliphatic heterocycles. The van der Waals surface area contributed by atoms with Gasteiger partial charge in [-0.15, -0.1) is 6.58 Å². The number of hydrogen-bond donors (Lipinski definition) is 0. The summed E-state index contributed by atoms with van der Waals surface area (Å²) in [6, 6.07) is 9.79. The summed E-state index contributed by atoms with van der Waals surface area (Å²) in [5.41, 5.74) is 1.65. The van der Waals surface area contributed by atoms with Crippen LogP contribution >= 0.6 is 0 Å². The largest absolute Gasteiger partial charge is 0.353 e. The van der Waals surface area contributed by atoms with E-state index >= 15 is 0 Å². The number of nitrogens with zero attached hydrogens (tertiary/aromatic N) is 4. The normalized spacial score (nSPS) is 11.0. The van der Waals surface area contributed by atoms with E-state index in [-0.39, 0.29) is 36.5 Å². The number of aromatic nitrogens is 1. The van der Waals surface area contributed by atoms with Crippen molar-refractivity contribution >= 4 is 23.6 Å². The zero-order valence-electron chi connectivity index (χ0n) is 18.8. The van der Waals surface area contributed by atoms with E-state index in [0.29, 0.717) is 18.7 Å². The van der Waals surface area contributed by atoms with Gasteiger partial charge in [0.2, 0.25) is 11.8 Å². The molecule has 0 fully saturated rings. The second-order valence-electron chi connectivity index (χ2n) is 7.97. The van der Waals surface area contributed by atoms with Crippen LogP contribution in [0.5, 0.6) is 0 Å². The third kappa shape index (κ3) is 7.23. The van der Waals surface area contributed by atoms with Crippen molar-refractivity contribution in [1.29, 1.82) is 0 Å². The molecular weight excluding hydrogens is 408 g/mol. The van der Waals surface area contributed by atoms with E-state index in [4.69, 9.17) is 0 Å². The minimum absolute atomic E-state index is 0.0178. The molecule has 8 heteroatoms. The number of carbonyl (C=O) groups is 2. The molecule has 1 aromatic heterocycles. The zero-order chi connectivity index (χ0) is 23.7. The van der Waals surface area contributed by atoms with Crippen molar-refractivity contribution < 1.29 is 14.5 Å². The SMILES string of the molecule is C=CCN(CC(=O)N(Cc1cccn1C)CC(C)C)C(=O)/C=C/c1ccc([N+](=O)[O-])cc1. The van der Waals surface area contributed by atoms with Gasteiger partial charge in [-0.25, -0.2) is 0 Å². The number of nitro benzene ring substituents is 1. The average Bonchev–Trinajstić information content (AvgIpc) is 3.15. The van der Waals surface area contributed by atoms with Gasteiger partial charge in [-0.05, 0) is 41.8 Å². The first-order chi connectivity index (χ1) is 15.2. The Morgan fingerprint density at radius 3 is 2.41 bits per heavy atom. The van der Waals surface area contributed by atoms with Crippen LogP contribution in [0.2, 0.25) is 0 Å². The van der Waals surface area contributed by atoms with Gasteiger partial charge in [0.1, 0.15) is 6.54 Å². The average molecular weight is 439 g/mol. The molecule has 32 heavy (non-hydrogen) atoms. The van der Waals surface area contributed by atoms with Crippen molar-refractivity contribution in [2.24, 2.45) is 13.0 Å².